The van der Waals surface area contributed by atoms with Gasteiger partial charge in [-0.05, 0) is 19.8 Å². The van der Waals surface area contributed by atoms with Crippen LogP contribution in [0.15, 0.2) is 11.6 Å². The second kappa shape index (κ2) is 5.30. The van der Waals surface area contributed by atoms with E-state index in [9.17, 15) is 8.42 Å². The Morgan fingerprint density at radius 3 is 2.55 bits per heavy atom. The first-order valence-electron chi connectivity index (χ1n) is 7.36. The first-order chi connectivity index (χ1) is 10.3. The van der Waals surface area contributed by atoms with Gasteiger partial charge in [-0.25, -0.2) is 4.98 Å². The fourth-order valence-electron chi connectivity index (χ4n) is 3.04. The Labute approximate surface area is 135 Å². The lowest BCUT2D eigenvalue weighted by molar-refractivity contribution is 0.238. The van der Waals surface area contributed by atoms with Crippen molar-refractivity contribution in [2.45, 2.75) is 32.1 Å². The van der Waals surface area contributed by atoms with Gasteiger partial charge in [0.1, 0.15) is 10.7 Å². The molecule has 0 saturated carbocycles. The zero-order valence-corrected chi connectivity index (χ0v) is 15.0. The smallest absolute Gasteiger partial charge is 0.281 e. The zero-order chi connectivity index (χ0) is 16.1. The molecule has 3 heterocycles. The highest BCUT2D eigenvalue weighted by Gasteiger charge is 2.39. The molecule has 0 radical (unpaired) electrons. The summed E-state index contributed by atoms with van der Waals surface area (Å²) in [6, 6.07) is 0. The predicted octanol–water partition coefficient (Wildman–Crippen LogP) is 1.86. The summed E-state index contributed by atoms with van der Waals surface area (Å²) < 4.78 is 29.5. The van der Waals surface area contributed by atoms with Gasteiger partial charge in [-0.15, -0.1) is 11.3 Å². The average molecular weight is 342 g/mol. The Hall–Kier alpha value is -0.960. The minimum Gasteiger partial charge on any atom is -0.294 e. The molecule has 0 bridgehead atoms. The molecule has 0 atom stereocenters. The molecule has 3 rings (SSSR count). The number of aryl methyl sites for hydroxylation is 1. The van der Waals surface area contributed by atoms with E-state index in [1.165, 1.54) is 9.14 Å². The number of hydrogen-bond donors (Lipinski definition) is 0. The second-order valence-electron chi connectivity index (χ2n) is 6.34. The van der Waals surface area contributed by atoms with Crippen molar-refractivity contribution in [1.82, 2.24) is 18.0 Å². The number of rotatable bonds is 3. The lowest BCUT2D eigenvalue weighted by atomic mass is 9.78. The molecule has 0 aliphatic carbocycles. The number of thiazole rings is 1. The van der Waals surface area contributed by atoms with Crippen LogP contribution in [-0.4, -0.2) is 53.6 Å². The SMILES string of the molecule is Cc1nc(C2(C)CCN(S(=O)(=O)N(C)C)CC2)c2sccn12. The van der Waals surface area contributed by atoms with Crippen molar-refractivity contribution in [3.8, 4) is 0 Å². The number of nitrogens with zero attached hydrogens (tertiary/aromatic N) is 4. The maximum atomic E-state index is 12.2. The standard InChI is InChI=1S/C14H22N4O2S2/c1-11-15-12(13-18(11)9-10-21-13)14(2)5-7-17(8-6-14)22(19,20)16(3)4/h9-10H,5-8H2,1-4H3. The number of hydrogen-bond acceptors (Lipinski definition) is 4. The fraction of sp³-hybridized carbons (Fsp3) is 0.643. The third-order valence-electron chi connectivity index (χ3n) is 4.62. The number of piperidine rings is 1. The summed E-state index contributed by atoms with van der Waals surface area (Å²) in [5.74, 6) is 0.996. The van der Waals surface area contributed by atoms with Gasteiger partial charge in [0.05, 0.1) is 5.69 Å². The highest BCUT2D eigenvalue weighted by atomic mass is 32.2. The summed E-state index contributed by atoms with van der Waals surface area (Å²) in [7, 11) is -0.154. The van der Waals surface area contributed by atoms with Crippen LogP contribution >= 0.6 is 11.3 Å². The summed E-state index contributed by atoms with van der Waals surface area (Å²) in [4.78, 5) is 5.95. The van der Waals surface area contributed by atoms with Gasteiger partial charge in [0.25, 0.3) is 10.2 Å². The Bertz CT molecular complexity index is 783. The molecule has 122 valence electrons. The molecule has 0 aromatic carbocycles. The van der Waals surface area contributed by atoms with Gasteiger partial charge in [-0.3, -0.25) is 4.40 Å². The van der Waals surface area contributed by atoms with Crippen molar-refractivity contribution in [2.24, 2.45) is 0 Å². The van der Waals surface area contributed by atoms with Gasteiger partial charge in [0.2, 0.25) is 0 Å². The predicted molar refractivity (Wildman–Crippen MR) is 88.6 cm³/mol. The van der Waals surface area contributed by atoms with Crippen LogP contribution in [0.3, 0.4) is 0 Å². The van der Waals surface area contributed by atoms with E-state index >= 15 is 0 Å². The molecular weight excluding hydrogens is 320 g/mol. The monoisotopic (exact) mass is 342 g/mol. The molecule has 1 aliphatic rings. The Morgan fingerprint density at radius 2 is 1.95 bits per heavy atom. The molecule has 1 saturated heterocycles. The summed E-state index contributed by atoms with van der Waals surface area (Å²) in [5, 5.41) is 2.07. The molecule has 22 heavy (non-hydrogen) atoms. The van der Waals surface area contributed by atoms with Gasteiger partial charge < -0.3 is 0 Å². The topological polar surface area (TPSA) is 57.9 Å². The highest BCUT2D eigenvalue weighted by Crippen LogP contribution is 2.39. The molecule has 8 heteroatoms. The normalized spacial score (nSPS) is 20.0. The zero-order valence-electron chi connectivity index (χ0n) is 13.4. The Morgan fingerprint density at radius 1 is 1.32 bits per heavy atom. The molecule has 0 N–H and O–H groups in total. The van der Waals surface area contributed by atoms with Crippen molar-refractivity contribution in [2.75, 3.05) is 27.2 Å². The van der Waals surface area contributed by atoms with Crippen LogP contribution in [0.25, 0.3) is 4.83 Å². The van der Waals surface area contributed by atoms with Crippen molar-refractivity contribution < 1.29 is 8.42 Å². The molecular formula is C14H22N4O2S2. The van der Waals surface area contributed by atoms with E-state index < -0.39 is 10.2 Å². The van der Waals surface area contributed by atoms with E-state index in [-0.39, 0.29) is 5.41 Å². The maximum Gasteiger partial charge on any atom is 0.281 e. The fourth-order valence-corrected chi connectivity index (χ4v) is 5.17. The number of imidazole rings is 1. The van der Waals surface area contributed by atoms with Gasteiger partial charge >= 0.3 is 0 Å². The van der Waals surface area contributed by atoms with Crippen LogP contribution < -0.4 is 0 Å². The van der Waals surface area contributed by atoms with Crippen LogP contribution in [0.5, 0.6) is 0 Å². The van der Waals surface area contributed by atoms with Crippen LogP contribution in [-0.2, 0) is 15.6 Å². The van der Waals surface area contributed by atoms with Gasteiger partial charge in [0.15, 0.2) is 0 Å². The lowest BCUT2D eigenvalue weighted by Crippen LogP contribution is -2.47. The third kappa shape index (κ3) is 2.38. The van der Waals surface area contributed by atoms with E-state index in [0.29, 0.717) is 13.1 Å². The highest BCUT2D eigenvalue weighted by molar-refractivity contribution is 7.86. The van der Waals surface area contributed by atoms with Crippen molar-refractivity contribution in [3.63, 3.8) is 0 Å². The molecule has 0 unspecified atom stereocenters. The molecule has 0 spiro atoms. The lowest BCUT2D eigenvalue weighted by Gasteiger charge is -2.38. The molecule has 2 aromatic rings. The van der Waals surface area contributed by atoms with Crippen molar-refractivity contribution in [3.05, 3.63) is 23.1 Å². The average Bonchev–Trinajstić information content (AvgIpc) is 3.03. The first-order valence-corrected chi connectivity index (χ1v) is 9.63. The van der Waals surface area contributed by atoms with Crippen LogP contribution in [0.2, 0.25) is 0 Å². The third-order valence-corrected chi connectivity index (χ3v) is 7.43. The molecule has 1 fully saturated rings. The maximum absolute atomic E-state index is 12.2. The summed E-state index contributed by atoms with van der Waals surface area (Å²) in [6.07, 6.45) is 3.63. The van der Waals surface area contributed by atoms with E-state index in [1.54, 1.807) is 29.7 Å². The first kappa shape index (κ1) is 15.9. The minimum absolute atomic E-state index is 0.0668. The molecule has 1 aliphatic heterocycles. The van der Waals surface area contributed by atoms with E-state index in [0.717, 1.165) is 24.4 Å². The number of aromatic nitrogens is 2. The minimum atomic E-state index is -3.32. The van der Waals surface area contributed by atoms with Crippen LogP contribution in [0, 0.1) is 6.92 Å². The largest absolute Gasteiger partial charge is 0.294 e. The van der Waals surface area contributed by atoms with Crippen LogP contribution in [0.1, 0.15) is 31.3 Å². The molecule has 6 nitrogen and oxygen atoms in total. The van der Waals surface area contributed by atoms with E-state index in [2.05, 4.69) is 16.7 Å². The Balaban J connectivity index is 1.87. The Kier molecular flexibility index (Phi) is 3.83. The van der Waals surface area contributed by atoms with E-state index in [1.807, 2.05) is 13.1 Å². The molecule has 2 aromatic heterocycles. The van der Waals surface area contributed by atoms with Gasteiger partial charge in [-0.2, -0.15) is 17.0 Å². The van der Waals surface area contributed by atoms with Crippen molar-refractivity contribution >= 4 is 26.4 Å². The van der Waals surface area contributed by atoms with Gasteiger partial charge in [-0.1, -0.05) is 6.92 Å². The summed E-state index contributed by atoms with van der Waals surface area (Å²) in [5.41, 5.74) is 1.05. The summed E-state index contributed by atoms with van der Waals surface area (Å²) >= 11 is 1.70. The summed E-state index contributed by atoms with van der Waals surface area (Å²) in [6.45, 7) is 5.30. The quantitative estimate of drug-likeness (QED) is 0.855. The van der Waals surface area contributed by atoms with E-state index in [4.69, 9.17) is 4.98 Å². The second-order valence-corrected chi connectivity index (χ2v) is 9.37. The van der Waals surface area contributed by atoms with Crippen molar-refractivity contribution in [1.29, 1.82) is 0 Å². The molecule has 0 amide bonds. The van der Waals surface area contributed by atoms with Gasteiger partial charge in [0, 0.05) is 44.2 Å². The number of fused-ring (bicyclic) bond motifs is 1. The van der Waals surface area contributed by atoms with Crippen LogP contribution in [0.4, 0.5) is 0 Å².